The second-order valence-electron chi connectivity index (χ2n) is 4.82. The van der Waals surface area contributed by atoms with E-state index in [2.05, 4.69) is 4.40 Å². The first-order valence-corrected chi connectivity index (χ1v) is 6.56. The molecule has 1 aromatic carbocycles. The Morgan fingerprint density at radius 3 is 2.47 bits per heavy atom. The van der Waals surface area contributed by atoms with Crippen molar-refractivity contribution >= 4 is 17.2 Å². The maximum Gasteiger partial charge on any atom is 0.144 e. The zero-order valence-electron chi connectivity index (χ0n) is 11.0. The van der Waals surface area contributed by atoms with Crippen molar-refractivity contribution in [2.45, 2.75) is 32.4 Å². The zero-order chi connectivity index (χ0) is 13.1. The summed E-state index contributed by atoms with van der Waals surface area (Å²) in [5.74, 6) is 0.816. The summed E-state index contributed by atoms with van der Waals surface area (Å²) < 4.78 is 20.7. The smallest absolute Gasteiger partial charge is 0.144 e. The summed E-state index contributed by atoms with van der Waals surface area (Å²) >= 11 is 0. The Labute approximate surface area is 106 Å². The number of hydrogen-bond donors (Lipinski definition) is 0. The molecule has 0 fully saturated rings. The van der Waals surface area contributed by atoms with Gasteiger partial charge in [0.05, 0.1) is 11.9 Å². The molecule has 0 spiro atoms. The van der Waals surface area contributed by atoms with Crippen molar-refractivity contribution in [1.82, 2.24) is 0 Å². The van der Waals surface area contributed by atoms with Gasteiger partial charge in [-0.1, -0.05) is 0 Å². The van der Waals surface area contributed by atoms with Crippen molar-refractivity contribution in [3.63, 3.8) is 0 Å². The molecule has 0 N–H and O–H groups in total. The van der Waals surface area contributed by atoms with Crippen LogP contribution in [0, 0.1) is 6.92 Å². The molecule has 0 aliphatic heterocycles. The third kappa shape index (κ3) is 3.97. The molecule has 0 saturated carbocycles. The summed E-state index contributed by atoms with van der Waals surface area (Å²) in [7, 11) is 0.421. The molecule has 0 amide bonds. The molecule has 3 nitrogen and oxygen atoms in total. The zero-order valence-corrected chi connectivity index (χ0v) is 11.8. The predicted molar refractivity (Wildman–Crippen MR) is 73.2 cm³/mol. The summed E-state index contributed by atoms with van der Waals surface area (Å²) in [6.07, 6.45) is 1.66. The number of benzene rings is 1. The van der Waals surface area contributed by atoms with Crippen LogP contribution in [0.25, 0.3) is 0 Å². The van der Waals surface area contributed by atoms with Crippen LogP contribution in [-0.4, -0.2) is 22.3 Å². The van der Waals surface area contributed by atoms with Crippen molar-refractivity contribution in [2.75, 3.05) is 7.11 Å². The lowest BCUT2D eigenvalue weighted by molar-refractivity contribution is 0.414. The molecule has 0 radical (unpaired) electrons. The quantitative estimate of drug-likeness (QED) is 0.777. The average Bonchev–Trinajstić information content (AvgIpc) is 2.25. The molecule has 0 aromatic heterocycles. The molecule has 4 heteroatoms. The summed E-state index contributed by atoms with van der Waals surface area (Å²) in [6.45, 7) is 7.69. The van der Waals surface area contributed by atoms with Crippen LogP contribution < -0.4 is 4.74 Å². The molecule has 0 aliphatic carbocycles. The van der Waals surface area contributed by atoms with Gasteiger partial charge in [0.25, 0.3) is 0 Å². The van der Waals surface area contributed by atoms with E-state index in [1.165, 1.54) is 0 Å². The van der Waals surface area contributed by atoms with Gasteiger partial charge in [-0.05, 0) is 57.0 Å². The van der Waals surface area contributed by atoms with Crippen LogP contribution >= 0.6 is 0 Å². The number of nitrogens with zero attached hydrogens (tertiary/aromatic N) is 1. The van der Waals surface area contributed by atoms with Crippen LogP contribution in [0.4, 0.5) is 0 Å². The van der Waals surface area contributed by atoms with Gasteiger partial charge in [-0.25, -0.2) is 4.21 Å². The van der Waals surface area contributed by atoms with E-state index in [1.54, 1.807) is 13.3 Å². The minimum Gasteiger partial charge on any atom is -0.497 e. The molecule has 0 bridgehead atoms. The Kier molecular flexibility index (Phi) is 4.46. The largest absolute Gasteiger partial charge is 0.497 e. The third-order valence-corrected chi connectivity index (χ3v) is 3.63. The van der Waals surface area contributed by atoms with Gasteiger partial charge >= 0.3 is 0 Å². The van der Waals surface area contributed by atoms with Gasteiger partial charge in [0.15, 0.2) is 0 Å². The SMILES string of the molecule is COc1ccc(C=N[S@](=O)C(C)(C)C)c(C)c1. The molecule has 0 aliphatic rings. The third-order valence-electron chi connectivity index (χ3n) is 2.29. The average molecular weight is 253 g/mol. The van der Waals surface area contributed by atoms with Crippen LogP contribution in [0.3, 0.4) is 0 Å². The maximum absolute atomic E-state index is 11.8. The first-order valence-electron chi connectivity index (χ1n) is 5.45. The van der Waals surface area contributed by atoms with E-state index in [4.69, 9.17) is 4.74 Å². The van der Waals surface area contributed by atoms with Crippen LogP contribution in [0.5, 0.6) is 5.75 Å². The number of hydrogen-bond acceptors (Lipinski definition) is 2. The summed E-state index contributed by atoms with van der Waals surface area (Å²) in [5.41, 5.74) is 2.02. The molecule has 0 heterocycles. The second-order valence-corrected chi connectivity index (χ2v) is 6.75. The van der Waals surface area contributed by atoms with Gasteiger partial charge in [0.1, 0.15) is 16.7 Å². The van der Waals surface area contributed by atoms with E-state index in [0.717, 1.165) is 16.9 Å². The second kappa shape index (κ2) is 5.45. The highest BCUT2D eigenvalue weighted by atomic mass is 32.2. The summed E-state index contributed by atoms with van der Waals surface area (Å²) in [4.78, 5) is 0. The Balaban J connectivity index is 2.89. The van der Waals surface area contributed by atoms with Gasteiger partial charge in [-0.15, -0.1) is 0 Å². The lowest BCUT2D eigenvalue weighted by atomic mass is 10.1. The van der Waals surface area contributed by atoms with Crippen LogP contribution in [0.1, 0.15) is 31.9 Å². The standard InChI is InChI=1S/C13H19NO2S/c1-10-8-12(16-5)7-6-11(10)9-14-17(15)13(2,3)4/h6-9H,1-5H3/t17-/m1/s1. The Morgan fingerprint density at radius 2 is 2.00 bits per heavy atom. The summed E-state index contributed by atoms with van der Waals surface area (Å²) in [6, 6.07) is 5.72. The minimum absolute atomic E-state index is 0.323. The minimum atomic E-state index is -1.22. The van der Waals surface area contributed by atoms with E-state index in [1.807, 2.05) is 45.9 Å². The molecule has 94 valence electrons. The normalized spacial score (nSPS) is 13.9. The predicted octanol–water partition coefficient (Wildman–Crippen LogP) is 2.88. The van der Waals surface area contributed by atoms with Crippen molar-refractivity contribution in [3.05, 3.63) is 29.3 Å². The fraction of sp³-hybridized carbons (Fsp3) is 0.462. The van der Waals surface area contributed by atoms with Gasteiger partial charge in [-0.2, -0.15) is 4.40 Å². The Morgan fingerprint density at radius 1 is 1.35 bits per heavy atom. The van der Waals surface area contributed by atoms with Crippen molar-refractivity contribution in [2.24, 2.45) is 4.40 Å². The van der Waals surface area contributed by atoms with Gasteiger partial charge in [0, 0.05) is 6.21 Å². The summed E-state index contributed by atoms with van der Waals surface area (Å²) in [5, 5.41) is 0. The van der Waals surface area contributed by atoms with Crippen molar-refractivity contribution < 1.29 is 8.95 Å². The van der Waals surface area contributed by atoms with Crippen LogP contribution in [-0.2, 0) is 11.0 Å². The first kappa shape index (κ1) is 13.9. The monoisotopic (exact) mass is 253 g/mol. The Hall–Kier alpha value is -1.16. The number of methoxy groups -OCH3 is 1. The van der Waals surface area contributed by atoms with Crippen molar-refractivity contribution in [1.29, 1.82) is 0 Å². The molecule has 1 atom stereocenters. The molecule has 0 unspecified atom stereocenters. The molecular formula is C13H19NO2S. The van der Waals surface area contributed by atoms with E-state index in [-0.39, 0.29) is 4.75 Å². The maximum atomic E-state index is 11.8. The van der Waals surface area contributed by atoms with E-state index < -0.39 is 11.0 Å². The van der Waals surface area contributed by atoms with Crippen LogP contribution in [0.2, 0.25) is 0 Å². The topological polar surface area (TPSA) is 38.7 Å². The molecule has 0 saturated heterocycles. The lowest BCUT2D eigenvalue weighted by Gasteiger charge is -2.12. The first-order chi connectivity index (χ1) is 7.84. The highest BCUT2D eigenvalue weighted by Gasteiger charge is 2.18. The van der Waals surface area contributed by atoms with Gasteiger partial charge in [-0.3, -0.25) is 0 Å². The fourth-order valence-corrected chi connectivity index (χ4v) is 1.71. The van der Waals surface area contributed by atoms with Crippen LogP contribution in [0.15, 0.2) is 22.6 Å². The highest BCUT2D eigenvalue weighted by molar-refractivity contribution is 7.85. The van der Waals surface area contributed by atoms with E-state index in [9.17, 15) is 4.21 Å². The van der Waals surface area contributed by atoms with E-state index in [0.29, 0.717) is 0 Å². The molecular weight excluding hydrogens is 234 g/mol. The fourth-order valence-electron chi connectivity index (χ4n) is 1.18. The molecule has 1 aromatic rings. The highest BCUT2D eigenvalue weighted by Crippen LogP contribution is 2.16. The van der Waals surface area contributed by atoms with Gasteiger partial charge < -0.3 is 4.74 Å². The number of rotatable bonds is 3. The van der Waals surface area contributed by atoms with Crippen molar-refractivity contribution in [3.8, 4) is 5.75 Å². The lowest BCUT2D eigenvalue weighted by Crippen LogP contribution is -2.19. The molecule has 1 rings (SSSR count). The molecule has 17 heavy (non-hydrogen) atoms. The number of aryl methyl sites for hydroxylation is 1. The van der Waals surface area contributed by atoms with E-state index >= 15 is 0 Å². The Bertz CT molecular complexity index is 447. The van der Waals surface area contributed by atoms with Gasteiger partial charge in [0.2, 0.25) is 0 Å². The number of ether oxygens (including phenoxy) is 1.